The van der Waals surface area contributed by atoms with Crippen molar-refractivity contribution in [2.24, 2.45) is 0 Å². The van der Waals surface area contributed by atoms with E-state index in [-0.39, 0.29) is 5.91 Å². The first-order valence-electron chi connectivity index (χ1n) is 9.01. The number of benzene rings is 1. The van der Waals surface area contributed by atoms with Gasteiger partial charge in [-0.1, -0.05) is 16.8 Å². The molecule has 0 atom stereocenters. The van der Waals surface area contributed by atoms with E-state index in [0.29, 0.717) is 17.9 Å². The lowest BCUT2D eigenvalue weighted by Crippen LogP contribution is -3.12. The Morgan fingerprint density at radius 2 is 2.08 bits per heavy atom. The first-order chi connectivity index (χ1) is 12.4. The van der Waals surface area contributed by atoms with E-state index in [2.05, 4.69) is 22.4 Å². The Labute approximate surface area is 159 Å². The lowest BCUT2D eigenvalue weighted by molar-refractivity contribution is -0.880. The molecule has 0 radical (unpaired) electrons. The number of hydrogen-bond donors (Lipinski definition) is 2. The number of carbonyl (C=O) groups is 1. The summed E-state index contributed by atoms with van der Waals surface area (Å²) in [5, 5.41) is 7.60. The highest BCUT2D eigenvalue weighted by Crippen LogP contribution is 2.29. The van der Waals surface area contributed by atoms with Crippen LogP contribution >= 0.6 is 11.6 Å². The molecule has 6 nitrogen and oxygen atoms in total. The molecule has 2 N–H and O–H groups in total. The number of piperazine rings is 1. The number of aromatic nitrogens is 1. The van der Waals surface area contributed by atoms with Gasteiger partial charge in [-0.25, -0.2) is 0 Å². The number of hydrogen-bond acceptors (Lipinski definition) is 4. The zero-order chi connectivity index (χ0) is 18.7. The topological polar surface area (TPSA) is 62.8 Å². The molecule has 3 rings (SSSR count). The SMILES string of the molecule is Cc1noc(C)c1CCC(=O)Nc1cc(Cl)ccc1N1CC[NH+](C)CC1. The summed E-state index contributed by atoms with van der Waals surface area (Å²) < 4.78 is 5.16. The van der Waals surface area contributed by atoms with Crippen LogP contribution in [0.4, 0.5) is 11.4 Å². The van der Waals surface area contributed by atoms with Gasteiger partial charge in [0.05, 0.1) is 50.3 Å². The minimum atomic E-state index is -0.0340. The van der Waals surface area contributed by atoms with Crippen LogP contribution in [0.3, 0.4) is 0 Å². The maximum atomic E-state index is 12.5. The Hall–Kier alpha value is -2.05. The smallest absolute Gasteiger partial charge is 0.224 e. The standard InChI is InChI=1S/C19H25ClN4O2/c1-13-16(14(2)26-22-13)5-7-19(25)21-17-12-15(20)4-6-18(17)24-10-8-23(3)9-11-24/h4,6,12H,5,7-11H2,1-3H3,(H,21,25)/p+1. The molecular weight excluding hydrogens is 352 g/mol. The summed E-state index contributed by atoms with van der Waals surface area (Å²) in [6.45, 7) is 7.88. The van der Waals surface area contributed by atoms with Crippen molar-refractivity contribution in [3.63, 3.8) is 0 Å². The van der Waals surface area contributed by atoms with E-state index >= 15 is 0 Å². The van der Waals surface area contributed by atoms with Gasteiger partial charge in [0.15, 0.2) is 0 Å². The average molecular weight is 378 g/mol. The van der Waals surface area contributed by atoms with E-state index in [4.69, 9.17) is 16.1 Å². The number of amides is 1. The van der Waals surface area contributed by atoms with E-state index in [9.17, 15) is 4.79 Å². The van der Waals surface area contributed by atoms with Gasteiger partial charge in [-0.05, 0) is 38.5 Å². The number of halogens is 1. The van der Waals surface area contributed by atoms with E-state index < -0.39 is 0 Å². The second kappa shape index (κ2) is 8.10. The monoisotopic (exact) mass is 377 g/mol. The highest BCUT2D eigenvalue weighted by Gasteiger charge is 2.20. The number of likely N-dealkylation sites (N-methyl/N-ethyl adjacent to an activating group) is 1. The van der Waals surface area contributed by atoms with E-state index in [0.717, 1.165) is 54.6 Å². The number of carbonyl (C=O) groups excluding carboxylic acids is 1. The maximum Gasteiger partial charge on any atom is 0.224 e. The molecule has 1 aromatic carbocycles. The number of quaternary nitrogens is 1. The summed E-state index contributed by atoms with van der Waals surface area (Å²) in [7, 11) is 2.20. The third kappa shape index (κ3) is 4.37. The maximum absolute atomic E-state index is 12.5. The van der Waals surface area contributed by atoms with Crippen molar-refractivity contribution in [2.45, 2.75) is 26.7 Å². The van der Waals surface area contributed by atoms with Crippen molar-refractivity contribution in [1.82, 2.24) is 5.16 Å². The fourth-order valence-corrected chi connectivity index (χ4v) is 3.50. The lowest BCUT2D eigenvalue weighted by atomic mass is 10.1. The minimum Gasteiger partial charge on any atom is -0.361 e. The predicted molar refractivity (Wildman–Crippen MR) is 103 cm³/mol. The zero-order valence-corrected chi connectivity index (χ0v) is 16.3. The minimum absolute atomic E-state index is 0.0340. The third-order valence-electron chi connectivity index (χ3n) is 4.97. The molecule has 0 bridgehead atoms. The molecule has 1 amide bonds. The summed E-state index contributed by atoms with van der Waals surface area (Å²) in [6, 6.07) is 5.70. The van der Waals surface area contributed by atoms with E-state index in [1.807, 2.05) is 32.0 Å². The summed E-state index contributed by atoms with van der Waals surface area (Å²) in [4.78, 5) is 16.3. The van der Waals surface area contributed by atoms with Crippen molar-refractivity contribution < 1.29 is 14.2 Å². The molecule has 140 valence electrons. The highest BCUT2D eigenvalue weighted by molar-refractivity contribution is 6.31. The number of nitrogens with zero attached hydrogens (tertiary/aromatic N) is 2. The largest absolute Gasteiger partial charge is 0.361 e. The second-order valence-corrected chi connectivity index (χ2v) is 7.39. The normalized spacial score (nSPS) is 15.3. The molecule has 1 aromatic heterocycles. The average Bonchev–Trinajstić information content (AvgIpc) is 2.92. The van der Waals surface area contributed by atoms with Crippen LogP contribution in [-0.2, 0) is 11.2 Å². The molecule has 1 fully saturated rings. The summed E-state index contributed by atoms with van der Waals surface area (Å²) in [5.74, 6) is 0.743. The first kappa shape index (κ1) is 18.7. The summed E-state index contributed by atoms with van der Waals surface area (Å²) in [5.41, 5.74) is 3.67. The van der Waals surface area contributed by atoms with E-state index in [1.54, 1.807) is 0 Å². The fourth-order valence-electron chi connectivity index (χ4n) is 3.32. The van der Waals surface area contributed by atoms with Gasteiger partial charge in [0.1, 0.15) is 5.76 Å². The van der Waals surface area contributed by atoms with Gasteiger partial charge in [-0.15, -0.1) is 0 Å². The molecule has 7 heteroatoms. The molecule has 0 unspecified atom stereocenters. The quantitative estimate of drug-likeness (QED) is 0.834. The lowest BCUT2D eigenvalue weighted by Gasteiger charge is -2.33. The van der Waals surface area contributed by atoms with Crippen molar-refractivity contribution in [3.8, 4) is 0 Å². The van der Waals surface area contributed by atoms with Crippen LogP contribution in [0.5, 0.6) is 0 Å². The van der Waals surface area contributed by atoms with Gasteiger partial charge in [0, 0.05) is 17.0 Å². The fraction of sp³-hybridized carbons (Fsp3) is 0.474. The Kier molecular flexibility index (Phi) is 5.84. The van der Waals surface area contributed by atoms with Gasteiger partial charge < -0.3 is 19.6 Å². The molecule has 0 aliphatic carbocycles. The predicted octanol–water partition coefficient (Wildman–Crippen LogP) is 1.85. The van der Waals surface area contributed by atoms with Crippen molar-refractivity contribution >= 4 is 28.9 Å². The number of rotatable bonds is 5. The first-order valence-corrected chi connectivity index (χ1v) is 9.39. The molecular formula is C19H26ClN4O2+. The Morgan fingerprint density at radius 3 is 2.73 bits per heavy atom. The molecule has 1 saturated heterocycles. The van der Waals surface area contributed by atoms with Crippen LogP contribution in [-0.4, -0.2) is 44.3 Å². The van der Waals surface area contributed by atoms with Crippen LogP contribution in [0.1, 0.15) is 23.4 Å². The van der Waals surface area contributed by atoms with Gasteiger partial charge in [0.25, 0.3) is 0 Å². The molecule has 1 aliphatic rings. The van der Waals surface area contributed by atoms with E-state index in [1.165, 1.54) is 4.90 Å². The highest BCUT2D eigenvalue weighted by atomic mass is 35.5. The van der Waals surface area contributed by atoms with Gasteiger partial charge >= 0.3 is 0 Å². The molecule has 0 spiro atoms. The Morgan fingerprint density at radius 1 is 1.35 bits per heavy atom. The molecule has 26 heavy (non-hydrogen) atoms. The zero-order valence-electron chi connectivity index (χ0n) is 15.6. The third-order valence-corrected chi connectivity index (χ3v) is 5.21. The number of nitrogens with one attached hydrogen (secondary N) is 2. The van der Waals surface area contributed by atoms with Crippen LogP contribution < -0.4 is 15.1 Å². The number of aryl methyl sites for hydroxylation is 2. The summed E-state index contributed by atoms with van der Waals surface area (Å²) in [6.07, 6.45) is 0.989. The van der Waals surface area contributed by atoms with Gasteiger partial charge in [-0.2, -0.15) is 0 Å². The van der Waals surface area contributed by atoms with Gasteiger partial charge in [0.2, 0.25) is 5.91 Å². The molecule has 0 saturated carbocycles. The van der Waals surface area contributed by atoms with Crippen LogP contribution in [0, 0.1) is 13.8 Å². The molecule has 1 aliphatic heterocycles. The van der Waals surface area contributed by atoms with Crippen LogP contribution in [0.25, 0.3) is 0 Å². The summed E-state index contributed by atoms with van der Waals surface area (Å²) >= 11 is 6.17. The molecule has 2 aromatic rings. The van der Waals surface area contributed by atoms with Gasteiger partial charge in [-0.3, -0.25) is 4.79 Å². The number of anilines is 2. The second-order valence-electron chi connectivity index (χ2n) is 6.96. The van der Waals surface area contributed by atoms with Crippen molar-refractivity contribution in [3.05, 3.63) is 40.2 Å². The van der Waals surface area contributed by atoms with Crippen molar-refractivity contribution in [2.75, 3.05) is 43.4 Å². The van der Waals surface area contributed by atoms with Crippen molar-refractivity contribution in [1.29, 1.82) is 0 Å². The Bertz CT molecular complexity index is 762. The Balaban J connectivity index is 1.68. The van der Waals surface area contributed by atoms with Crippen LogP contribution in [0.2, 0.25) is 5.02 Å². The van der Waals surface area contributed by atoms with Crippen LogP contribution in [0.15, 0.2) is 22.7 Å². The molecule has 2 heterocycles.